The zero-order valence-corrected chi connectivity index (χ0v) is 18.7. The van der Waals surface area contributed by atoms with Crippen molar-refractivity contribution in [3.05, 3.63) is 30.1 Å². The van der Waals surface area contributed by atoms with Crippen molar-refractivity contribution in [2.75, 3.05) is 43.0 Å². The zero-order valence-electron chi connectivity index (χ0n) is 17.9. The first-order valence-corrected chi connectivity index (χ1v) is 12.0. The molecule has 7 nitrogen and oxygen atoms in total. The summed E-state index contributed by atoms with van der Waals surface area (Å²) >= 11 is 2.08. The lowest BCUT2D eigenvalue weighted by Crippen LogP contribution is -2.50. The summed E-state index contributed by atoms with van der Waals surface area (Å²) in [6, 6.07) is 8.21. The lowest BCUT2D eigenvalue weighted by atomic mass is 10.0. The number of amides is 1. The fourth-order valence-corrected chi connectivity index (χ4v) is 5.57. The molecule has 0 aliphatic carbocycles. The first-order valence-electron chi connectivity index (χ1n) is 10.9. The number of nitrogens with zero attached hydrogens (tertiary/aromatic N) is 4. The predicted molar refractivity (Wildman–Crippen MR) is 124 cm³/mol. The van der Waals surface area contributed by atoms with Crippen LogP contribution >= 0.6 is 11.8 Å². The monoisotopic (exact) mass is 428 g/mol. The average molecular weight is 429 g/mol. The van der Waals surface area contributed by atoms with Gasteiger partial charge in [0.05, 0.1) is 12.1 Å². The number of para-hydroxylation sites is 1. The average Bonchev–Trinajstić information content (AvgIpc) is 3.27. The molecule has 2 saturated heterocycles. The van der Waals surface area contributed by atoms with E-state index in [1.807, 2.05) is 38.1 Å². The Morgan fingerprint density at radius 1 is 1.23 bits per heavy atom. The number of hydrogen-bond donors (Lipinski definition) is 2. The third-order valence-corrected chi connectivity index (χ3v) is 7.25. The van der Waals surface area contributed by atoms with E-state index in [0.717, 1.165) is 55.5 Å². The van der Waals surface area contributed by atoms with Crippen molar-refractivity contribution in [2.24, 2.45) is 11.7 Å². The molecule has 8 heteroatoms. The number of aromatic nitrogens is 2. The molecule has 4 rings (SSSR count). The second-order valence-electron chi connectivity index (χ2n) is 8.60. The fourth-order valence-electron chi connectivity index (χ4n) is 4.32. The molecule has 0 saturated carbocycles. The van der Waals surface area contributed by atoms with Crippen molar-refractivity contribution >= 4 is 34.4 Å². The maximum Gasteiger partial charge on any atom is 0.240 e. The van der Waals surface area contributed by atoms with E-state index in [-0.39, 0.29) is 11.8 Å². The van der Waals surface area contributed by atoms with Crippen LogP contribution in [0.2, 0.25) is 0 Å². The van der Waals surface area contributed by atoms with Gasteiger partial charge in [0.15, 0.2) is 0 Å². The first kappa shape index (κ1) is 21.3. The number of primary amides is 1. The highest BCUT2D eigenvalue weighted by molar-refractivity contribution is 7.99. The van der Waals surface area contributed by atoms with Gasteiger partial charge in [-0.25, -0.2) is 9.97 Å². The number of rotatable bonds is 7. The van der Waals surface area contributed by atoms with E-state index in [4.69, 9.17) is 15.7 Å². The molecule has 1 aromatic carbocycles. The van der Waals surface area contributed by atoms with Gasteiger partial charge < -0.3 is 11.1 Å². The summed E-state index contributed by atoms with van der Waals surface area (Å²) in [6.45, 7) is 8.98. The Kier molecular flexibility index (Phi) is 6.75. The van der Waals surface area contributed by atoms with Crippen LogP contribution in [0.4, 0.5) is 5.82 Å². The molecule has 1 amide bonds. The van der Waals surface area contributed by atoms with E-state index >= 15 is 0 Å². The molecule has 0 radical (unpaired) electrons. The van der Waals surface area contributed by atoms with Gasteiger partial charge in [-0.1, -0.05) is 26.0 Å². The van der Waals surface area contributed by atoms with Gasteiger partial charge in [0.25, 0.3) is 0 Å². The minimum absolute atomic E-state index is 0.0708. The number of piperazine rings is 1. The van der Waals surface area contributed by atoms with E-state index in [1.54, 1.807) is 0 Å². The van der Waals surface area contributed by atoms with Gasteiger partial charge in [0.1, 0.15) is 17.7 Å². The SMILES string of the molecule is CC(C)[C@H](Nc1nc(CN2CCN(C3CCSC3)CC2)nc2ccccc12)C(N)=O. The Hall–Kier alpha value is -1.90. The molecule has 2 atom stereocenters. The van der Waals surface area contributed by atoms with E-state index in [1.165, 1.54) is 17.9 Å². The molecule has 3 heterocycles. The van der Waals surface area contributed by atoms with Crippen LogP contribution in [-0.4, -0.2) is 75.4 Å². The van der Waals surface area contributed by atoms with E-state index in [0.29, 0.717) is 5.82 Å². The van der Waals surface area contributed by atoms with Gasteiger partial charge in [-0.2, -0.15) is 11.8 Å². The van der Waals surface area contributed by atoms with E-state index in [2.05, 4.69) is 26.9 Å². The molecular weight excluding hydrogens is 396 g/mol. The number of fused-ring (bicyclic) bond motifs is 1. The molecule has 3 N–H and O–H groups in total. The van der Waals surface area contributed by atoms with Crippen molar-refractivity contribution in [2.45, 2.75) is 38.9 Å². The largest absolute Gasteiger partial charge is 0.368 e. The van der Waals surface area contributed by atoms with Crippen molar-refractivity contribution in [3.63, 3.8) is 0 Å². The van der Waals surface area contributed by atoms with Crippen LogP contribution in [-0.2, 0) is 11.3 Å². The third kappa shape index (κ3) is 4.87. The number of hydrogen-bond acceptors (Lipinski definition) is 7. The van der Waals surface area contributed by atoms with Gasteiger partial charge in [0, 0.05) is 43.4 Å². The number of benzene rings is 1. The zero-order chi connectivity index (χ0) is 21.1. The Balaban J connectivity index is 1.49. The molecule has 1 unspecified atom stereocenters. The second-order valence-corrected chi connectivity index (χ2v) is 9.75. The number of thioether (sulfide) groups is 1. The summed E-state index contributed by atoms with van der Waals surface area (Å²) in [5.74, 6) is 3.76. The summed E-state index contributed by atoms with van der Waals surface area (Å²) in [5.41, 5.74) is 6.51. The first-order chi connectivity index (χ1) is 14.5. The Morgan fingerprint density at radius 3 is 2.67 bits per heavy atom. The van der Waals surface area contributed by atoms with Crippen LogP contribution in [0.15, 0.2) is 24.3 Å². The van der Waals surface area contributed by atoms with Crippen LogP contribution in [0.1, 0.15) is 26.1 Å². The highest BCUT2D eigenvalue weighted by Crippen LogP contribution is 2.25. The fraction of sp³-hybridized carbons (Fsp3) is 0.591. The molecule has 30 heavy (non-hydrogen) atoms. The maximum atomic E-state index is 11.9. The van der Waals surface area contributed by atoms with E-state index < -0.39 is 6.04 Å². The van der Waals surface area contributed by atoms with Crippen molar-refractivity contribution < 1.29 is 4.79 Å². The lowest BCUT2D eigenvalue weighted by molar-refractivity contribution is -0.119. The summed E-state index contributed by atoms with van der Waals surface area (Å²) in [7, 11) is 0. The number of carbonyl (C=O) groups excluding carboxylic acids is 1. The van der Waals surface area contributed by atoms with Gasteiger partial charge >= 0.3 is 0 Å². The summed E-state index contributed by atoms with van der Waals surface area (Å²) in [4.78, 5) is 26.6. The second kappa shape index (κ2) is 9.49. The van der Waals surface area contributed by atoms with Gasteiger partial charge in [-0.15, -0.1) is 0 Å². The molecule has 162 valence electrons. The summed E-state index contributed by atoms with van der Waals surface area (Å²) in [5, 5.41) is 4.20. The standard InChI is InChI=1S/C22H32N6OS/c1-15(2)20(21(23)29)26-22-17-5-3-4-6-18(17)24-19(25-22)13-27-8-10-28(11-9-27)16-7-12-30-14-16/h3-6,15-16,20H,7-14H2,1-2H3,(H2,23,29)(H,24,25,26)/t16?,20-/m0/s1. The Labute approximate surface area is 182 Å². The smallest absolute Gasteiger partial charge is 0.240 e. The van der Waals surface area contributed by atoms with Crippen LogP contribution < -0.4 is 11.1 Å². The van der Waals surface area contributed by atoms with Crippen LogP contribution in [0.3, 0.4) is 0 Å². The number of anilines is 1. The molecule has 2 aliphatic heterocycles. The summed E-state index contributed by atoms with van der Waals surface area (Å²) in [6.07, 6.45) is 1.32. The predicted octanol–water partition coefficient (Wildman–Crippen LogP) is 2.17. The molecule has 2 aromatic rings. The van der Waals surface area contributed by atoms with Gasteiger partial charge in [-0.05, 0) is 30.2 Å². The molecule has 0 spiro atoms. The topological polar surface area (TPSA) is 87.4 Å². The molecule has 1 aromatic heterocycles. The quantitative estimate of drug-likeness (QED) is 0.699. The molecule has 2 fully saturated rings. The third-order valence-electron chi connectivity index (χ3n) is 6.11. The number of nitrogens with two attached hydrogens (primary N) is 1. The number of nitrogens with one attached hydrogen (secondary N) is 1. The van der Waals surface area contributed by atoms with Gasteiger partial charge in [-0.3, -0.25) is 14.6 Å². The number of carbonyl (C=O) groups is 1. The highest BCUT2D eigenvalue weighted by Gasteiger charge is 2.27. The van der Waals surface area contributed by atoms with Gasteiger partial charge in [0.2, 0.25) is 5.91 Å². The van der Waals surface area contributed by atoms with E-state index in [9.17, 15) is 4.79 Å². The van der Waals surface area contributed by atoms with Crippen molar-refractivity contribution in [1.29, 1.82) is 0 Å². The maximum absolute atomic E-state index is 11.9. The van der Waals surface area contributed by atoms with Crippen LogP contribution in [0.5, 0.6) is 0 Å². The van der Waals surface area contributed by atoms with Crippen molar-refractivity contribution in [3.8, 4) is 0 Å². The summed E-state index contributed by atoms with van der Waals surface area (Å²) < 4.78 is 0. The minimum Gasteiger partial charge on any atom is -0.368 e. The molecule has 0 bridgehead atoms. The van der Waals surface area contributed by atoms with Crippen LogP contribution in [0.25, 0.3) is 10.9 Å². The lowest BCUT2D eigenvalue weighted by Gasteiger charge is -2.37. The van der Waals surface area contributed by atoms with Crippen LogP contribution in [0, 0.1) is 5.92 Å². The molecular formula is C22H32N6OS. The van der Waals surface area contributed by atoms with Crippen molar-refractivity contribution in [1.82, 2.24) is 19.8 Å². The highest BCUT2D eigenvalue weighted by atomic mass is 32.2. The Morgan fingerprint density at radius 2 is 2.00 bits per heavy atom. The normalized spacial score (nSPS) is 21.9. The Bertz CT molecular complexity index is 877. The minimum atomic E-state index is -0.469. The molecule has 2 aliphatic rings.